The highest BCUT2D eigenvalue weighted by Crippen LogP contribution is 2.27. The first kappa shape index (κ1) is 17.3. The summed E-state index contributed by atoms with van der Waals surface area (Å²) in [5, 5.41) is 0. The van der Waals surface area contributed by atoms with E-state index in [2.05, 4.69) is 31.9 Å². The van der Waals surface area contributed by atoms with E-state index in [1.54, 1.807) is 12.1 Å². The smallest absolute Gasteiger partial charge is 0.232 e. The van der Waals surface area contributed by atoms with Crippen molar-refractivity contribution < 1.29 is 13.2 Å². The van der Waals surface area contributed by atoms with Gasteiger partial charge in [-0.05, 0) is 46.3 Å². The average molecular weight is 449 g/mol. The van der Waals surface area contributed by atoms with Gasteiger partial charge in [-0.15, -0.1) is 0 Å². The van der Waals surface area contributed by atoms with Crippen molar-refractivity contribution in [3.05, 3.63) is 57.5 Å². The molecule has 0 spiro atoms. The fourth-order valence-electron chi connectivity index (χ4n) is 1.92. The molecule has 2 aromatic carbocycles. The highest BCUT2D eigenvalue weighted by atomic mass is 79.9. The maximum Gasteiger partial charge on any atom is 0.232 e. The van der Waals surface area contributed by atoms with Gasteiger partial charge >= 0.3 is 0 Å². The van der Waals surface area contributed by atoms with Crippen LogP contribution in [0.5, 0.6) is 5.75 Å². The Morgan fingerprint density at radius 3 is 2.45 bits per heavy atom. The van der Waals surface area contributed by atoms with Gasteiger partial charge in [-0.1, -0.05) is 34.1 Å². The number of para-hydroxylation sites is 1. The Balaban J connectivity index is 2.11. The van der Waals surface area contributed by atoms with Crippen molar-refractivity contribution in [1.82, 2.24) is 0 Å². The number of anilines is 1. The van der Waals surface area contributed by atoms with Crippen molar-refractivity contribution in [1.29, 1.82) is 0 Å². The zero-order valence-corrected chi connectivity index (χ0v) is 15.9. The second-order valence-corrected chi connectivity index (χ2v) is 8.27. The van der Waals surface area contributed by atoms with Gasteiger partial charge in [-0.25, -0.2) is 8.42 Å². The third kappa shape index (κ3) is 4.72. The lowest BCUT2D eigenvalue weighted by molar-refractivity contribution is 0.328. The fraction of sp³-hybridized carbons (Fsp3) is 0.200. The van der Waals surface area contributed by atoms with Crippen LogP contribution < -0.4 is 9.04 Å². The minimum absolute atomic E-state index is 0.230. The number of hydrogen-bond donors (Lipinski definition) is 0. The molecule has 0 saturated heterocycles. The number of nitrogens with zero attached hydrogens (tertiary/aromatic N) is 1. The summed E-state index contributed by atoms with van der Waals surface area (Å²) in [6, 6.07) is 14.6. The Labute approximate surface area is 147 Å². The number of ether oxygens (including phenoxy) is 1. The standard InChI is InChI=1S/C15H15Br2NO3S/c1-22(19,20)18(15-8-3-2-7-14(15)17)9-10-21-13-6-4-5-12(16)11-13/h2-8,11H,9-10H2,1H3. The van der Waals surface area contributed by atoms with Crippen LogP contribution >= 0.6 is 31.9 Å². The fourth-order valence-corrected chi connectivity index (χ4v) is 3.84. The monoisotopic (exact) mass is 447 g/mol. The van der Waals surface area contributed by atoms with Crippen LogP contribution in [0.3, 0.4) is 0 Å². The Kier molecular flexibility index (Phi) is 5.88. The lowest BCUT2D eigenvalue weighted by atomic mass is 10.3. The predicted octanol–water partition coefficient (Wildman–Crippen LogP) is 4.06. The van der Waals surface area contributed by atoms with Crippen molar-refractivity contribution in [2.24, 2.45) is 0 Å². The number of hydrogen-bond acceptors (Lipinski definition) is 3. The Bertz CT molecular complexity index is 750. The van der Waals surface area contributed by atoms with Gasteiger partial charge in [0.1, 0.15) is 12.4 Å². The molecular formula is C15H15Br2NO3S. The summed E-state index contributed by atoms with van der Waals surface area (Å²) < 4.78 is 32.6. The van der Waals surface area contributed by atoms with Gasteiger partial charge in [-0.3, -0.25) is 4.31 Å². The molecule has 0 aliphatic heterocycles. The summed E-state index contributed by atoms with van der Waals surface area (Å²) in [5.74, 6) is 0.690. The first-order valence-corrected chi connectivity index (χ1v) is 9.92. The molecule has 0 fully saturated rings. The van der Waals surface area contributed by atoms with E-state index >= 15 is 0 Å². The van der Waals surface area contributed by atoms with E-state index in [0.29, 0.717) is 11.4 Å². The van der Waals surface area contributed by atoms with E-state index in [4.69, 9.17) is 4.74 Å². The van der Waals surface area contributed by atoms with Gasteiger partial charge < -0.3 is 4.74 Å². The molecule has 0 heterocycles. The molecular weight excluding hydrogens is 434 g/mol. The molecule has 118 valence electrons. The second kappa shape index (κ2) is 7.48. The molecule has 0 unspecified atom stereocenters. The maximum atomic E-state index is 12.0. The van der Waals surface area contributed by atoms with Crippen molar-refractivity contribution in [2.45, 2.75) is 0 Å². The van der Waals surface area contributed by atoms with E-state index in [1.165, 1.54) is 10.6 Å². The van der Waals surface area contributed by atoms with Crippen LogP contribution in [0.4, 0.5) is 5.69 Å². The first-order chi connectivity index (χ1) is 10.4. The summed E-state index contributed by atoms with van der Waals surface area (Å²) in [6.45, 7) is 0.485. The minimum atomic E-state index is -3.39. The third-order valence-corrected chi connectivity index (χ3v) is 5.22. The average Bonchev–Trinajstić information content (AvgIpc) is 2.44. The van der Waals surface area contributed by atoms with Crippen LogP contribution in [0.25, 0.3) is 0 Å². The minimum Gasteiger partial charge on any atom is -0.492 e. The zero-order chi connectivity index (χ0) is 16.2. The number of benzene rings is 2. The van der Waals surface area contributed by atoms with Crippen molar-refractivity contribution in [3.8, 4) is 5.75 Å². The van der Waals surface area contributed by atoms with Gasteiger partial charge in [0.2, 0.25) is 10.0 Å². The number of sulfonamides is 1. The lowest BCUT2D eigenvalue weighted by Crippen LogP contribution is -2.34. The van der Waals surface area contributed by atoms with E-state index in [1.807, 2.05) is 36.4 Å². The molecule has 0 aliphatic carbocycles. The molecule has 4 nitrogen and oxygen atoms in total. The molecule has 2 aromatic rings. The van der Waals surface area contributed by atoms with Crippen LogP contribution in [0.15, 0.2) is 57.5 Å². The van der Waals surface area contributed by atoms with Gasteiger partial charge in [0.25, 0.3) is 0 Å². The molecule has 0 amide bonds. The largest absolute Gasteiger partial charge is 0.492 e. The molecule has 22 heavy (non-hydrogen) atoms. The quantitative estimate of drug-likeness (QED) is 0.669. The van der Waals surface area contributed by atoms with Crippen LogP contribution in [0.2, 0.25) is 0 Å². The molecule has 0 bridgehead atoms. The summed E-state index contributed by atoms with van der Waals surface area (Å²) in [5.41, 5.74) is 0.600. The van der Waals surface area contributed by atoms with Gasteiger partial charge in [-0.2, -0.15) is 0 Å². The molecule has 2 rings (SSSR count). The van der Waals surface area contributed by atoms with Crippen LogP contribution in [0.1, 0.15) is 0 Å². The van der Waals surface area contributed by atoms with Crippen molar-refractivity contribution in [2.75, 3.05) is 23.7 Å². The number of rotatable bonds is 6. The normalized spacial score (nSPS) is 11.2. The lowest BCUT2D eigenvalue weighted by Gasteiger charge is -2.23. The topological polar surface area (TPSA) is 46.6 Å². The highest BCUT2D eigenvalue weighted by Gasteiger charge is 2.19. The Morgan fingerprint density at radius 2 is 1.82 bits per heavy atom. The van der Waals surface area contributed by atoms with E-state index in [9.17, 15) is 8.42 Å². The summed E-state index contributed by atoms with van der Waals surface area (Å²) in [4.78, 5) is 0. The van der Waals surface area contributed by atoms with Gasteiger partial charge in [0, 0.05) is 8.95 Å². The highest BCUT2D eigenvalue weighted by molar-refractivity contribution is 9.10. The molecule has 0 saturated carbocycles. The van der Waals surface area contributed by atoms with E-state index < -0.39 is 10.0 Å². The third-order valence-electron chi connectivity index (χ3n) is 2.88. The SMILES string of the molecule is CS(=O)(=O)N(CCOc1cccc(Br)c1)c1ccccc1Br. The van der Waals surface area contributed by atoms with Gasteiger partial charge in [0.15, 0.2) is 0 Å². The van der Waals surface area contributed by atoms with E-state index in [0.717, 1.165) is 8.95 Å². The van der Waals surface area contributed by atoms with Crippen molar-refractivity contribution in [3.63, 3.8) is 0 Å². The molecule has 0 N–H and O–H groups in total. The van der Waals surface area contributed by atoms with Crippen molar-refractivity contribution >= 4 is 47.6 Å². The van der Waals surface area contributed by atoms with Crippen LogP contribution in [-0.4, -0.2) is 27.8 Å². The second-order valence-electron chi connectivity index (χ2n) is 4.59. The maximum absolute atomic E-state index is 12.0. The van der Waals surface area contributed by atoms with Crippen LogP contribution in [-0.2, 0) is 10.0 Å². The molecule has 0 aliphatic rings. The molecule has 0 aromatic heterocycles. The molecule has 7 heteroatoms. The summed E-state index contributed by atoms with van der Waals surface area (Å²) in [6.07, 6.45) is 1.19. The summed E-state index contributed by atoms with van der Waals surface area (Å²) >= 11 is 6.75. The zero-order valence-electron chi connectivity index (χ0n) is 11.9. The molecule has 0 radical (unpaired) electrons. The van der Waals surface area contributed by atoms with Crippen LogP contribution in [0, 0.1) is 0 Å². The number of halogens is 2. The Morgan fingerprint density at radius 1 is 1.09 bits per heavy atom. The Hall–Kier alpha value is -1.05. The predicted molar refractivity (Wildman–Crippen MR) is 96.0 cm³/mol. The van der Waals surface area contributed by atoms with Gasteiger partial charge in [0.05, 0.1) is 18.5 Å². The first-order valence-electron chi connectivity index (χ1n) is 6.48. The van der Waals surface area contributed by atoms with E-state index in [-0.39, 0.29) is 13.2 Å². The summed E-state index contributed by atoms with van der Waals surface area (Å²) in [7, 11) is -3.39. The molecule has 0 atom stereocenters.